The number of carbonyl (C=O) groups is 2. The molecule has 2 amide bonds. The molecule has 1 aromatic carbocycles. The van der Waals surface area contributed by atoms with Gasteiger partial charge in [0, 0.05) is 42.3 Å². The van der Waals surface area contributed by atoms with Crippen LogP contribution in [0.4, 0.5) is 5.69 Å². The van der Waals surface area contributed by atoms with Gasteiger partial charge >= 0.3 is 0 Å². The Labute approximate surface area is 192 Å². The summed E-state index contributed by atoms with van der Waals surface area (Å²) in [6.07, 6.45) is 6.75. The molecule has 3 aliphatic rings. The fraction of sp³-hybridized carbons (Fsp3) is 0.636. The Balaban J connectivity index is 1.55. The predicted octanol–water partition coefficient (Wildman–Crippen LogP) is 3.21. The van der Waals surface area contributed by atoms with Crippen molar-refractivity contribution in [1.82, 2.24) is 9.62 Å². The minimum atomic E-state index is -3.80. The number of fused-ring (bicyclic) bond motifs is 1. The minimum absolute atomic E-state index is 0.00830. The Kier molecular flexibility index (Phi) is 6.74. The first-order valence-electron chi connectivity index (χ1n) is 11.2. The van der Waals surface area contributed by atoms with Crippen LogP contribution >= 0.6 is 15.9 Å². The van der Waals surface area contributed by atoms with E-state index in [1.165, 1.54) is 4.31 Å². The van der Waals surface area contributed by atoms with Gasteiger partial charge in [0.05, 0.1) is 10.8 Å². The monoisotopic (exact) mass is 511 g/mol. The third kappa shape index (κ3) is 4.54. The van der Waals surface area contributed by atoms with Crippen molar-refractivity contribution in [3.63, 3.8) is 0 Å². The largest absolute Gasteiger partial charge is 0.353 e. The highest BCUT2D eigenvalue weighted by Crippen LogP contribution is 2.37. The number of hydrogen-bond acceptors (Lipinski definition) is 4. The number of benzene rings is 1. The van der Waals surface area contributed by atoms with Crippen LogP contribution in [0.25, 0.3) is 0 Å². The van der Waals surface area contributed by atoms with Gasteiger partial charge in [-0.3, -0.25) is 9.59 Å². The zero-order valence-electron chi connectivity index (χ0n) is 17.9. The van der Waals surface area contributed by atoms with Gasteiger partial charge in [0.15, 0.2) is 0 Å². The topological polar surface area (TPSA) is 86.8 Å². The van der Waals surface area contributed by atoms with Crippen molar-refractivity contribution >= 4 is 43.5 Å². The van der Waals surface area contributed by atoms with E-state index in [1.807, 2.05) is 6.07 Å². The van der Waals surface area contributed by atoms with E-state index in [2.05, 4.69) is 21.2 Å². The van der Waals surface area contributed by atoms with Crippen molar-refractivity contribution in [1.29, 1.82) is 0 Å². The van der Waals surface area contributed by atoms with Gasteiger partial charge in [-0.05, 0) is 65.7 Å². The number of piperidine rings is 1. The number of nitrogens with one attached hydrogen (secondary N) is 1. The highest BCUT2D eigenvalue weighted by Gasteiger charge is 2.36. The molecule has 1 aromatic rings. The van der Waals surface area contributed by atoms with Gasteiger partial charge in [-0.2, -0.15) is 4.31 Å². The molecule has 0 aromatic heterocycles. The first kappa shape index (κ1) is 22.7. The van der Waals surface area contributed by atoms with Crippen LogP contribution in [-0.2, 0) is 26.0 Å². The van der Waals surface area contributed by atoms with Crippen molar-refractivity contribution < 1.29 is 18.0 Å². The number of carbonyl (C=O) groups excluding carboxylic acids is 2. The standard InChI is InChI=1S/C22H30BrN3O4S/c1-2-21(27)26-11-9-15-12-18(23)20(13-19(15)26)31(29,30)25-10-5-6-16(14-25)22(28)24-17-7-3-4-8-17/h12-13,16-17H,2-11,14H2,1H3,(H,24,28)/t16-/m0/s1. The normalized spacial score (nSPS) is 22.5. The Morgan fingerprint density at radius 2 is 1.87 bits per heavy atom. The first-order chi connectivity index (χ1) is 14.8. The Morgan fingerprint density at radius 3 is 2.58 bits per heavy atom. The van der Waals surface area contributed by atoms with Crippen LogP contribution in [-0.4, -0.2) is 50.2 Å². The summed E-state index contributed by atoms with van der Waals surface area (Å²) in [6, 6.07) is 3.67. The lowest BCUT2D eigenvalue weighted by molar-refractivity contribution is -0.126. The molecule has 2 aliphatic heterocycles. The molecule has 0 bridgehead atoms. The Morgan fingerprint density at radius 1 is 1.13 bits per heavy atom. The van der Waals surface area contributed by atoms with Crippen LogP contribution in [0, 0.1) is 5.92 Å². The summed E-state index contributed by atoms with van der Waals surface area (Å²) in [5, 5.41) is 3.12. The molecule has 1 N–H and O–H groups in total. The summed E-state index contributed by atoms with van der Waals surface area (Å²) in [7, 11) is -3.80. The van der Waals surface area contributed by atoms with Crippen molar-refractivity contribution in [2.45, 2.75) is 69.2 Å². The molecule has 1 aliphatic carbocycles. The van der Waals surface area contributed by atoms with Crippen LogP contribution in [0.3, 0.4) is 0 Å². The molecular weight excluding hydrogens is 482 g/mol. The van der Waals surface area contributed by atoms with Crippen LogP contribution < -0.4 is 10.2 Å². The van der Waals surface area contributed by atoms with E-state index in [-0.39, 0.29) is 35.2 Å². The third-order valence-corrected chi connectivity index (χ3v) is 9.53. The zero-order valence-corrected chi connectivity index (χ0v) is 20.3. The second-order valence-electron chi connectivity index (χ2n) is 8.75. The van der Waals surface area contributed by atoms with Gasteiger partial charge in [-0.25, -0.2) is 8.42 Å². The van der Waals surface area contributed by atoms with Crippen molar-refractivity contribution in [3.8, 4) is 0 Å². The second kappa shape index (κ2) is 9.19. The summed E-state index contributed by atoms with van der Waals surface area (Å²) in [4.78, 5) is 26.9. The van der Waals surface area contributed by atoms with Crippen LogP contribution in [0.5, 0.6) is 0 Å². The van der Waals surface area contributed by atoms with Gasteiger partial charge < -0.3 is 10.2 Å². The fourth-order valence-corrected chi connectivity index (χ4v) is 7.53. The summed E-state index contributed by atoms with van der Waals surface area (Å²) in [5.74, 6) is -0.360. The van der Waals surface area contributed by atoms with Gasteiger partial charge in [0.1, 0.15) is 0 Å². The highest BCUT2D eigenvalue weighted by atomic mass is 79.9. The lowest BCUT2D eigenvalue weighted by atomic mass is 9.98. The average molecular weight is 512 g/mol. The summed E-state index contributed by atoms with van der Waals surface area (Å²) in [5.41, 5.74) is 1.65. The molecule has 4 rings (SSSR count). The van der Waals surface area contributed by atoms with E-state index in [1.54, 1.807) is 17.9 Å². The maximum Gasteiger partial charge on any atom is 0.244 e. The molecule has 0 unspecified atom stereocenters. The minimum Gasteiger partial charge on any atom is -0.353 e. The third-order valence-electron chi connectivity index (χ3n) is 6.71. The number of halogens is 1. The van der Waals surface area contributed by atoms with E-state index < -0.39 is 10.0 Å². The number of hydrogen-bond donors (Lipinski definition) is 1. The van der Waals surface area contributed by atoms with Crippen molar-refractivity contribution in [2.24, 2.45) is 5.92 Å². The molecule has 7 nitrogen and oxygen atoms in total. The smallest absolute Gasteiger partial charge is 0.244 e. The molecule has 1 saturated carbocycles. The highest BCUT2D eigenvalue weighted by molar-refractivity contribution is 9.10. The molecule has 170 valence electrons. The summed E-state index contributed by atoms with van der Waals surface area (Å²) >= 11 is 3.44. The van der Waals surface area contributed by atoms with E-state index in [0.29, 0.717) is 48.9 Å². The molecule has 0 radical (unpaired) electrons. The van der Waals surface area contributed by atoms with Gasteiger partial charge in [0.25, 0.3) is 0 Å². The fourth-order valence-electron chi connectivity index (χ4n) is 4.94. The van der Waals surface area contributed by atoms with Crippen LogP contribution in [0.2, 0.25) is 0 Å². The average Bonchev–Trinajstić information content (AvgIpc) is 3.42. The molecule has 2 fully saturated rings. The number of nitrogens with zero attached hydrogens (tertiary/aromatic N) is 2. The number of rotatable bonds is 5. The Hall–Kier alpha value is -1.45. The maximum absolute atomic E-state index is 13.5. The van der Waals surface area contributed by atoms with E-state index in [9.17, 15) is 18.0 Å². The van der Waals surface area contributed by atoms with Crippen LogP contribution in [0.1, 0.15) is 57.4 Å². The van der Waals surface area contributed by atoms with E-state index in [4.69, 9.17) is 0 Å². The van der Waals surface area contributed by atoms with Gasteiger partial charge in [0.2, 0.25) is 21.8 Å². The van der Waals surface area contributed by atoms with Crippen molar-refractivity contribution in [2.75, 3.05) is 24.5 Å². The molecule has 2 heterocycles. The van der Waals surface area contributed by atoms with Gasteiger partial charge in [-0.15, -0.1) is 0 Å². The second-order valence-corrected chi connectivity index (χ2v) is 11.5. The van der Waals surface area contributed by atoms with E-state index >= 15 is 0 Å². The SMILES string of the molecule is CCC(=O)N1CCc2cc(Br)c(S(=O)(=O)N3CCC[C@H](C(=O)NC4CCCC4)C3)cc21. The van der Waals surface area contributed by atoms with Gasteiger partial charge in [-0.1, -0.05) is 19.8 Å². The predicted molar refractivity (Wildman–Crippen MR) is 122 cm³/mol. The molecule has 1 atom stereocenters. The van der Waals surface area contributed by atoms with Crippen molar-refractivity contribution in [3.05, 3.63) is 22.2 Å². The molecule has 9 heteroatoms. The summed E-state index contributed by atoms with van der Waals surface area (Å²) in [6.45, 7) is 2.98. The number of sulfonamides is 1. The maximum atomic E-state index is 13.5. The molecule has 0 spiro atoms. The quantitative estimate of drug-likeness (QED) is 0.657. The lowest BCUT2D eigenvalue weighted by Gasteiger charge is -2.32. The first-order valence-corrected chi connectivity index (χ1v) is 13.5. The lowest BCUT2D eigenvalue weighted by Crippen LogP contribution is -2.47. The molecule has 31 heavy (non-hydrogen) atoms. The van der Waals surface area contributed by atoms with E-state index in [0.717, 1.165) is 31.2 Å². The molecular formula is C22H30BrN3O4S. The number of amides is 2. The Bertz CT molecular complexity index is 975. The number of anilines is 1. The summed E-state index contributed by atoms with van der Waals surface area (Å²) < 4.78 is 29.0. The molecule has 1 saturated heterocycles. The zero-order chi connectivity index (χ0) is 22.2. The van der Waals surface area contributed by atoms with Crippen LogP contribution in [0.15, 0.2) is 21.5 Å².